The van der Waals surface area contributed by atoms with Crippen LogP contribution in [0, 0.1) is 5.53 Å². The first-order chi connectivity index (χ1) is 17.7. The van der Waals surface area contributed by atoms with Crippen LogP contribution in [0.4, 0.5) is 32.2 Å². The number of alkyl halides is 6. The van der Waals surface area contributed by atoms with Crippen molar-refractivity contribution in [2.75, 3.05) is 6.61 Å². The van der Waals surface area contributed by atoms with Gasteiger partial charge in [-0.25, -0.2) is 10.2 Å². The summed E-state index contributed by atoms with van der Waals surface area (Å²) in [4.78, 5) is 7.27. The van der Waals surface area contributed by atoms with E-state index < -0.39 is 62.2 Å². The number of nitrogens with one attached hydrogen (secondary N) is 1. The molecule has 0 atom stereocenters. The van der Waals surface area contributed by atoms with Crippen molar-refractivity contribution < 1.29 is 35.8 Å². The molecule has 200 valence electrons. The van der Waals surface area contributed by atoms with Crippen LogP contribution in [0.5, 0.6) is 17.5 Å². The van der Waals surface area contributed by atoms with Crippen LogP contribution in [0.25, 0.3) is 16.7 Å². The third-order valence-corrected chi connectivity index (χ3v) is 5.71. The molecular formula is C21H11Cl3F6N6O2. The Morgan fingerprint density at radius 3 is 2.13 bits per heavy atom. The molecule has 0 fully saturated rings. The lowest BCUT2D eigenvalue weighted by molar-refractivity contribution is -0.140. The van der Waals surface area contributed by atoms with Gasteiger partial charge in [-0.1, -0.05) is 34.8 Å². The van der Waals surface area contributed by atoms with Gasteiger partial charge in [0.05, 0.1) is 32.6 Å². The van der Waals surface area contributed by atoms with Gasteiger partial charge in [0, 0.05) is 6.07 Å². The lowest BCUT2D eigenvalue weighted by Gasteiger charge is -2.13. The molecule has 8 nitrogen and oxygen atoms in total. The Balaban J connectivity index is 1.91. The zero-order valence-electron chi connectivity index (χ0n) is 18.5. The van der Waals surface area contributed by atoms with Crippen molar-refractivity contribution in [1.82, 2.24) is 19.7 Å². The van der Waals surface area contributed by atoms with E-state index in [4.69, 9.17) is 49.8 Å². The Labute approximate surface area is 223 Å². The third kappa shape index (κ3) is 5.28. The van der Waals surface area contributed by atoms with Gasteiger partial charge in [-0.2, -0.15) is 36.3 Å². The molecule has 4 aromatic rings. The van der Waals surface area contributed by atoms with E-state index in [-0.39, 0.29) is 10.8 Å². The minimum absolute atomic E-state index is 0.0242. The van der Waals surface area contributed by atoms with Crippen LogP contribution in [-0.2, 0) is 12.4 Å². The highest BCUT2D eigenvalue weighted by Crippen LogP contribution is 2.43. The van der Waals surface area contributed by atoms with Crippen LogP contribution < -0.4 is 9.47 Å². The number of hydrogen-bond donors (Lipinski definition) is 1. The SMILES string of the molecule is CCOc1ccc(Oc2nc(C(F)(F)F)c3c(N=N)n(-c4c(Cl)cc(C(F)(F)F)cc4Cl)nc3n2)c(Cl)c1. The molecule has 0 aliphatic heterocycles. The minimum Gasteiger partial charge on any atom is -0.494 e. The van der Waals surface area contributed by atoms with E-state index in [0.717, 1.165) is 0 Å². The van der Waals surface area contributed by atoms with E-state index in [1.807, 2.05) is 0 Å². The van der Waals surface area contributed by atoms with Crippen molar-refractivity contribution in [3.63, 3.8) is 0 Å². The Bertz CT molecular complexity index is 1530. The van der Waals surface area contributed by atoms with E-state index in [1.165, 1.54) is 18.2 Å². The fourth-order valence-corrected chi connectivity index (χ4v) is 4.17. The Kier molecular flexibility index (Phi) is 7.34. The molecule has 1 N–H and O–H groups in total. The van der Waals surface area contributed by atoms with Crippen LogP contribution in [0.15, 0.2) is 35.4 Å². The molecule has 0 saturated carbocycles. The summed E-state index contributed by atoms with van der Waals surface area (Å²) in [7, 11) is 0. The van der Waals surface area contributed by atoms with Gasteiger partial charge in [0.15, 0.2) is 17.2 Å². The first kappa shape index (κ1) is 27.7. The topological polar surface area (TPSA) is 98.3 Å². The normalized spacial score (nSPS) is 12.2. The molecule has 0 unspecified atom stereocenters. The monoisotopic (exact) mass is 598 g/mol. The van der Waals surface area contributed by atoms with Crippen molar-refractivity contribution in [3.05, 3.63) is 56.7 Å². The summed E-state index contributed by atoms with van der Waals surface area (Å²) in [6.45, 7) is 2.08. The van der Waals surface area contributed by atoms with E-state index in [9.17, 15) is 26.3 Å². The van der Waals surface area contributed by atoms with Crippen molar-refractivity contribution in [2.24, 2.45) is 5.11 Å². The van der Waals surface area contributed by atoms with E-state index in [1.54, 1.807) is 6.92 Å². The maximum absolute atomic E-state index is 14.0. The van der Waals surface area contributed by atoms with E-state index in [0.29, 0.717) is 29.2 Å². The van der Waals surface area contributed by atoms with Crippen LogP contribution in [-0.4, -0.2) is 26.4 Å². The van der Waals surface area contributed by atoms with Crippen LogP contribution >= 0.6 is 34.8 Å². The van der Waals surface area contributed by atoms with Gasteiger partial charge in [0.2, 0.25) is 0 Å². The highest BCUT2D eigenvalue weighted by Gasteiger charge is 2.39. The van der Waals surface area contributed by atoms with Crippen molar-refractivity contribution >= 4 is 51.7 Å². The maximum atomic E-state index is 14.0. The molecule has 17 heteroatoms. The van der Waals surface area contributed by atoms with Crippen LogP contribution in [0.3, 0.4) is 0 Å². The molecule has 0 radical (unpaired) electrons. The highest BCUT2D eigenvalue weighted by atomic mass is 35.5. The quantitative estimate of drug-likeness (QED) is 0.177. The number of hydrogen-bond acceptors (Lipinski definition) is 7. The lowest BCUT2D eigenvalue weighted by atomic mass is 10.2. The Morgan fingerprint density at radius 1 is 0.947 bits per heavy atom. The molecule has 2 aromatic carbocycles. The second-order valence-corrected chi connectivity index (χ2v) is 8.53. The Morgan fingerprint density at radius 2 is 1.61 bits per heavy atom. The number of halogens is 9. The summed E-state index contributed by atoms with van der Waals surface area (Å²) < 4.78 is 92.7. The minimum atomic E-state index is -5.12. The van der Waals surface area contributed by atoms with E-state index >= 15 is 0 Å². The molecule has 0 saturated heterocycles. The van der Waals surface area contributed by atoms with Gasteiger partial charge in [-0.15, -0.1) is 10.2 Å². The van der Waals surface area contributed by atoms with Gasteiger partial charge in [-0.3, -0.25) is 0 Å². The molecule has 2 aromatic heterocycles. The molecule has 0 bridgehead atoms. The van der Waals surface area contributed by atoms with Gasteiger partial charge >= 0.3 is 18.4 Å². The zero-order valence-corrected chi connectivity index (χ0v) is 20.8. The van der Waals surface area contributed by atoms with Crippen molar-refractivity contribution in [2.45, 2.75) is 19.3 Å². The number of ether oxygens (including phenoxy) is 2. The molecule has 2 heterocycles. The second kappa shape index (κ2) is 10.1. The third-order valence-electron chi connectivity index (χ3n) is 4.83. The number of fused-ring (bicyclic) bond motifs is 1. The lowest BCUT2D eigenvalue weighted by Crippen LogP contribution is -2.10. The molecule has 4 rings (SSSR count). The maximum Gasteiger partial charge on any atom is 0.434 e. The molecular weight excluding hydrogens is 589 g/mol. The van der Waals surface area contributed by atoms with Crippen molar-refractivity contribution in [3.8, 4) is 23.2 Å². The molecule has 0 amide bonds. The molecule has 0 aliphatic carbocycles. The fourth-order valence-electron chi connectivity index (χ4n) is 3.32. The number of aromatic nitrogens is 4. The predicted octanol–water partition coefficient (Wildman–Crippen LogP) is 8.67. The highest BCUT2D eigenvalue weighted by molar-refractivity contribution is 6.38. The molecule has 38 heavy (non-hydrogen) atoms. The average molecular weight is 600 g/mol. The van der Waals surface area contributed by atoms with E-state index in [2.05, 4.69) is 20.2 Å². The van der Waals surface area contributed by atoms with Crippen molar-refractivity contribution in [1.29, 1.82) is 5.53 Å². The summed E-state index contributed by atoms with van der Waals surface area (Å²) in [5.74, 6) is -0.522. The van der Waals surface area contributed by atoms with Gasteiger partial charge in [-0.05, 0) is 31.2 Å². The summed E-state index contributed by atoms with van der Waals surface area (Å²) in [5.41, 5.74) is 3.52. The first-order valence-electron chi connectivity index (χ1n) is 10.2. The van der Waals surface area contributed by atoms with Crippen LogP contribution in [0.1, 0.15) is 18.2 Å². The molecule has 0 aliphatic rings. The predicted molar refractivity (Wildman–Crippen MR) is 124 cm³/mol. The first-order valence-corrected chi connectivity index (χ1v) is 11.3. The fraction of sp³-hybridized carbons (Fsp3) is 0.190. The zero-order chi connectivity index (χ0) is 28.0. The summed E-state index contributed by atoms with van der Waals surface area (Å²) >= 11 is 18.1. The smallest absolute Gasteiger partial charge is 0.434 e. The summed E-state index contributed by atoms with van der Waals surface area (Å²) in [6, 6.07) is 4.32. The average Bonchev–Trinajstić information content (AvgIpc) is 3.16. The summed E-state index contributed by atoms with van der Waals surface area (Å²) in [6.07, 6.45) is -9.93. The van der Waals surface area contributed by atoms with Gasteiger partial charge in [0.1, 0.15) is 17.2 Å². The second-order valence-electron chi connectivity index (χ2n) is 7.31. The Hall–Kier alpha value is -3.36. The van der Waals surface area contributed by atoms with Gasteiger partial charge in [0.25, 0.3) is 0 Å². The number of rotatable bonds is 6. The largest absolute Gasteiger partial charge is 0.494 e. The number of nitrogens with zero attached hydrogens (tertiary/aromatic N) is 5. The standard InChI is InChI=1S/C21H11Cl3F6N6O2/c1-2-37-9-3-4-13(10(22)7-9)38-19-32-16(21(28,29)30)14-17(33-19)35-36(18(14)34-31)15-11(23)5-8(6-12(15)24)20(25,26)27/h3-7,31H,2H2,1H3. The number of benzene rings is 2. The molecule has 0 spiro atoms. The van der Waals surface area contributed by atoms with Crippen LogP contribution in [0.2, 0.25) is 15.1 Å². The van der Waals surface area contributed by atoms with Gasteiger partial charge < -0.3 is 9.47 Å². The summed E-state index contributed by atoms with van der Waals surface area (Å²) in [5, 5.41) is 4.83.